The first-order valence-electron chi connectivity index (χ1n) is 13.0. The van der Waals surface area contributed by atoms with E-state index in [0.29, 0.717) is 16.4 Å². The number of benzene rings is 1. The molecule has 14 nitrogen and oxygen atoms in total. The molecule has 5 N–H and O–H groups in total. The van der Waals surface area contributed by atoms with Gasteiger partial charge in [0.15, 0.2) is 5.76 Å². The molecule has 1 aliphatic heterocycles. The van der Waals surface area contributed by atoms with Crippen LogP contribution in [-0.2, 0) is 23.9 Å². The number of amides is 2. The van der Waals surface area contributed by atoms with Crippen LogP contribution in [0.25, 0.3) is 11.0 Å². The summed E-state index contributed by atoms with van der Waals surface area (Å²) in [6.07, 6.45) is -1.50. The monoisotopic (exact) mass is 654 g/mol. The van der Waals surface area contributed by atoms with Gasteiger partial charge in [0.25, 0.3) is 5.91 Å². The van der Waals surface area contributed by atoms with Gasteiger partial charge in [-0.15, -0.1) is 0 Å². The van der Waals surface area contributed by atoms with Crippen molar-refractivity contribution < 1.29 is 53.1 Å². The third kappa shape index (κ3) is 8.08. The normalized spacial score (nSPS) is 16.9. The number of ether oxygens (including phenoxy) is 3. The van der Waals surface area contributed by atoms with Gasteiger partial charge in [-0.3, -0.25) is 14.4 Å². The number of carbonyl (C=O) groups is 4. The highest BCUT2D eigenvalue weighted by atomic mass is 79.9. The molecule has 1 aliphatic rings. The first-order valence-corrected chi connectivity index (χ1v) is 13.8. The van der Waals surface area contributed by atoms with Crippen LogP contribution in [0.2, 0.25) is 0 Å². The minimum atomic E-state index is -1.39. The summed E-state index contributed by atoms with van der Waals surface area (Å²) < 4.78 is 21.3. The van der Waals surface area contributed by atoms with E-state index in [0.717, 1.165) is 0 Å². The van der Waals surface area contributed by atoms with Crippen LogP contribution in [0.4, 0.5) is 0 Å². The highest BCUT2D eigenvalue weighted by Crippen LogP contribution is 2.31. The van der Waals surface area contributed by atoms with Gasteiger partial charge < -0.3 is 44.6 Å². The average molecular weight is 655 g/mol. The van der Waals surface area contributed by atoms with Gasteiger partial charge >= 0.3 is 11.6 Å². The third-order valence-corrected chi connectivity index (χ3v) is 6.82. The SMILES string of the molecule is CCNC(=O)CC[C@H](NC(=O)c1cc2cc(Br)c(OCC(O)C3COCC(=O)C(O)=C3O)cc2oc1=O)C(=O)OCC. The van der Waals surface area contributed by atoms with Crippen LogP contribution in [0.5, 0.6) is 5.75 Å². The molecule has 15 heteroatoms. The maximum atomic E-state index is 13.0. The predicted molar refractivity (Wildman–Crippen MR) is 149 cm³/mol. The fourth-order valence-electron chi connectivity index (χ4n) is 4.01. The number of hydrogen-bond donors (Lipinski definition) is 5. The van der Waals surface area contributed by atoms with E-state index >= 15 is 0 Å². The minimum absolute atomic E-state index is 0.0335. The number of aliphatic hydroxyl groups is 3. The summed E-state index contributed by atoms with van der Waals surface area (Å²) in [4.78, 5) is 61.5. The highest BCUT2D eigenvalue weighted by molar-refractivity contribution is 9.10. The second-order valence-corrected chi connectivity index (χ2v) is 10.0. The maximum Gasteiger partial charge on any atom is 0.349 e. The highest BCUT2D eigenvalue weighted by Gasteiger charge is 2.32. The Balaban J connectivity index is 1.77. The molecule has 228 valence electrons. The van der Waals surface area contributed by atoms with Gasteiger partial charge in [0.1, 0.15) is 48.0 Å². The van der Waals surface area contributed by atoms with Crippen molar-refractivity contribution in [2.75, 3.05) is 33.0 Å². The zero-order valence-corrected chi connectivity index (χ0v) is 24.4. The molecule has 0 aliphatic carbocycles. The molecular weight excluding hydrogens is 624 g/mol. The standard InChI is InChI=1S/C27H31BrN2O12/c1-3-29-22(33)6-5-17(27(38)40-4-2)30-25(36)14-7-13-8-16(28)21(9-20(13)42-26(14)37)41-12-18(31)15-10-39-11-19(32)24(35)23(15)34/h7-9,15,17-18,31,34-35H,3-6,10-12H2,1-2H3,(H,29,33)(H,30,36)/t15?,17-,18?/m0/s1. The van der Waals surface area contributed by atoms with Crippen LogP contribution in [0.15, 0.2) is 43.4 Å². The molecule has 1 aromatic heterocycles. The Morgan fingerprint density at radius 1 is 1.17 bits per heavy atom. The van der Waals surface area contributed by atoms with Gasteiger partial charge in [-0.1, -0.05) is 0 Å². The first kappa shape index (κ1) is 32.6. The molecule has 0 saturated carbocycles. The molecule has 0 radical (unpaired) electrons. The molecule has 2 amide bonds. The van der Waals surface area contributed by atoms with Crippen LogP contribution in [0, 0.1) is 5.92 Å². The Morgan fingerprint density at radius 2 is 1.90 bits per heavy atom. The topological polar surface area (TPSA) is 211 Å². The predicted octanol–water partition coefficient (Wildman–Crippen LogP) is 1.42. The zero-order chi connectivity index (χ0) is 31.0. The molecule has 1 aromatic carbocycles. The van der Waals surface area contributed by atoms with E-state index in [-0.39, 0.29) is 43.3 Å². The van der Waals surface area contributed by atoms with Crippen molar-refractivity contribution in [3.8, 4) is 5.75 Å². The molecular formula is C27H31BrN2O12. The minimum Gasteiger partial charge on any atom is -0.508 e. The van der Waals surface area contributed by atoms with Crippen molar-refractivity contribution in [3.63, 3.8) is 0 Å². The van der Waals surface area contributed by atoms with Crippen LogP contribution >= 0.6 is 15.9 Å². The molecule has 2 unspecified atom stereocenters. The number of carbonyl (C=O) groups excluding carboxylic acids is 4. The number of ketones is 1. The molecule has 2 aromatic rings. The summed E-state index contributed by atoms with van der Waals surface area (Å²) in [7, 11) is 0. The van der Waals surface area contributed by atoms with Gasteiger partial charge in [0, 0.05) is 24.4 Å². The van der Waals surface area contributed by atoms with E-state index in [2.05, 4.69) is 26.6 Å². The number of rotatable bonds is 12. The number of esters is 1. The summed E-state index contributed by atoms with van der Waals surface area (Å²) in [6.45, 7) is 2.69. The van der Waals surface area contributed by atoms with Crippen LogP contribution in [-0.4, -0.2) is 84.0 Å². The lowest BCUT2D eigenvalue weighted by Gasteiger charge is -2.21. The van der Waals surface area contributed by atoms with Gasteiger partial charge in [0.2, 0.25) is 11.7 Å². The summed E-state index contributed by atoms with van der Waals surface area (Å²) in [5.74, 6) is -5.39. The van der Waals surface area contributed by atoms with Crippen molar-refractivity contribution in [2.45, 2.75) is 38.8 Å². The van der Waals surface area contributed by atoms with Crippen LogP contribution < -0.4 is 21.0 Å². The first-order chi connectivity index (χ1) is 20.0. The Hall–Kier alpha value is -3.95. The zero-order valence-electron chi connectivity index (χ0n) is 22.8. The average Bonchev–Trinajstić information content (AvgIpc) is 3.07. The fourth-order valence-corrected chi connectivity index (χ4v) is 4.48. The van der Waals surface area contributed by atoms with Crippen molar-refractivity contribution in [2.24, 2.45) is 5.92 Å². The van der Waals surface area contributed by atoms with Gasteiger partial charge in [-0.05, 0) is 48.3 Å². The Bertz CT molecular complexity index is 1440. The lowest BCUT2D eigenvalue weighted by Crippen LogP contribution is -2.43. The van der Waals surface area contributed by atoms with Gasteiger partial charge in [-0.25, -0.2) is 9.59 Å². The van der Waals surface area contributed by atoms with E-state index in [1.54, 1.807) is 13.8 Å². The molecule has 0 fully saturated rings. The Kier molecular flexibility index (Phi) is 11.5. The molecule has 2 heterocycles. The van der Waals surface area contributed by atoms with Crippen molar-refractivity contribution >= 4 is 50.5 Å². The summed E-state index contributed by atoms with van der Waals surface area (Å²) in [5, 5.41) is 35.8. The largest absolute Gasteiger partial charge is 0.508 e. The number of aliphatic hydroxyl groups excluding tert-OH is 3. The molecule has 42 heavy (non-hydrogen) atoms. The van der Waals surface area contributed by atoms with E-state index in [1.165, 1.54) is 18.2 Å². The second kappa shape index (κ2) is 14.8. The second-order valence-electron chi connectivity index (χ2n) is 9.20. The van der Waals surface area contributed by atoms with E-state index in [9.17, 15) is 39.3 Å². The van der Waals surface area contributed by atoms with Crippen molar-refractivity contribution in [3.05, 3.63) is 50.2 Å². The van der Waals surface area contributed by atoms with Crippen LogP contribution in [0.3, 0.4) is 0 Å². The van der Waals surface area contributed by atoms with E-state index in [4.69, 9.17) is 18.6 Å². The van der Waals surface area contributed by atoms with Crippen molar-refractivity contribution in [1.82, 2.24) is 10.6 Å². The van der Waals surface area contributed by atoms with Crippen molar-refractivity contribution in [1.29, 1.82) is 0 Å². The summed E-state index contributed by atoms with van der Waals surface area (Å²) >= 11 is 3.31. The number of halogens is 1. The Morgan fingerprint density at radius 3 is 2.60 bits per heavy atom. The summed E-state index contributed by atoms with van der Waals surface area (Å²) in [5.41, 5.74) is -1.37. The van der Waals surface area contributed by atoms with E-state index in [1.807, 2.05) is 0 Å². The summed E-state index contributed by atoms with van der Waals surface area (Å²) in [6, 6.07) is 2.91. The fraction of sp³-hybridized carbons (Fsp3) is 0.444. The molecule has 0 saturated heterocycles. The number of nitrogens with one attached hydrogen (secondary N) is 2. The molecule has 0 spiro atoms. The lowest BCUT2D eigenvalue weighted by molar-refractivity contribution is -0.145. The molecule has 0 bridgehead atoms. The molecule has 3 atom stereocenters. The number of Topliss-reactive ketones (excluding diaryl/α,β-unsaturated/α-hetero) is 1. The van der Waals surface area contributed by atoms with E-state index < -0.39 is 71.6 Å². The smallest absolute Gasteiger partial charge is 0.349 e. The van der Waals surface area contributed by atoms with Gasteiger partial charge in [0.05, 0.1) is 23.6 Å². The van der Waals surface area contributed by atoms with Crippen LogP contribution in [0.1, 0.15) is 37.0 Å². The lowest BCUT2D eigenvalue weighted by atomic mass is 10.0. The number of fused-ring (bicyclic) bond motifs is 1. The number of hydrogen-bond acceptors (Lipinski definition) is 12. The Labute approximate surface area is 247 Å². The maximum absolute atomic E-state index is 13.0. The van der Waals surface area contributed by atoms with Gasteiger partial charge in [-0.2, -0.15) is 0 Å². The third-order valence-electron chi connectivity index (χ3n) is 6.20. The molecule has 3 rings (SSSR count). The quantitative estimate of drug-likeness (QED) is 0.162.